The molecule has 0 saturated heterocycles. The molecule has 0 aliphatic carbocycles. The molecular weight excluding hydrogens is 294 g/mol. The van der Waals surface area contributed by atoms with E-state index in [0.717, 1.165) is 0 Å². The van der Waals surface area contributed by atoms with E-state index in [9.17, 15) is 9.59 Å². The van der Waals surface area contributed by atoms with Gasteiger partial charge in [0.25, 0.3) is 5.91 Å². The predicted octanol–water partition coefficient (Wildman–Crippen LogP) is 2.32. The Balaban J connectivity index is 2.41. The van der Waals surface area contributed by atoms with Gasteiger partial charge in [-0.3, -0.25) is 14.6 Å². The summed E-state index contributed by atoms with van der Waals surface area (Å²) in [4.78, 5) is 29.1. The van der Waals surface area contributed by atoms with Crippen molar-refractivity contribution in [2.75, 3.05) is 11.4 Å². The molecule has 2 aromatic rings. The van der Waals surface area contributed by atoms with Crippen LogP contribution < -0.4 is 4.90 Å². The lowest BCUT2D eigenvalue weighted by Gasteiger charge is -2.24. The number of benzene rings is 1. The summed E-state index contributed by atoms with van der Waals surface area (Å²) < 4.78 is 0. The monoisotopic (exact) mass is 309 g/mol. The number of nitriles is 1. The quantitative estimate of drug-likeness (QED) is 0.914. The number of rotatable bonds is 5. The van der Waals surface area contributed by atoms with Crippen molar-refractivity contribution >= 4 is 17.6 Å². The molecule has 0 aliphatic rings. The van der Waals surface area contributed by atoms with Crippen molar-refractivity contribution in [1.82, 2.24) is 4.98 Å². The molecule has 0 saturated carbocycles. The highest BCUT2D eigenvalue weighted by Gasteiger charge is 2.23. The first-order chi connectivity index (χ1) is 11.0. The molecule has 0 radical (unpaired) electrons. The Morgan fingerprint density at radius 3 is 2.74 bits per heavy atom. The van der Waals surface area contributed by atoms with Gasteiger partial charge in [-0.1, -0.05) is 13.0 Å². The molecule has 6 heteroatoms. The summed E-state index contributed by atoms with van der Waals surface area (Å²) in [6, 6.07) is 11.8. The number of hydrogen-bond acceptors (Lipinski definition) is 4. The molecule has 0 fully saturated rings. The minimum absolute atomic E-state index is 0.00204. The van der Waals surface area contributed by atoms with Crippen LogP contribution in [0.2, 0.25) is 0 Å². The van der Waals surface area contributed by atoms with Crippen LogP contribution in [0.4, 0.5) is 5.69 Å². The molecule has 23 heavy (non-hydrogen) atoms. The van der Waals surface area contributed by atoms with Crippen molar-refractivity contribution < 1.29 is 14.7 Å². The van der Waals surface area contributed by atoms with Crippen LogP contribution in [0.5, 0.6) is 0 Å². The number of carboxylic acid groups (broad SMARTS) is 1. The van der Waals surface area contributed by atoms with E-state index < -0.39 is 11.9 Å². The predicted molar refractivity (Wildman–Crippen MR) is 83.9 cm³/mol. The summed E-state index contributed by atoms with van der Waals surface area (Å²) in [7, 11) is 0. The summed E-state index contributed by atoms with van der Waals surface area (Å²) >= 11 is 0. The Bertz CT molecular complexity index is 753. The molecule has 0 aliphatic heterocycles. The number of carbonyl (C=O) groups excluding carboxylic acids is 1. The van der Waals surface area contributed by atoms with Crippen LogP contribution in [0.15, 0.2) is 48.8 Å². The molecule has 1 atom stereocenters. The highest BCUT2D eigenvalue weighted by molar-refractivity contribution is 6.06. The van der Waals surface area contributed by atoms with E-state index >= 15 is 0 Å². The Kier molecular flexibility index (Phi) is 5.05. The summed E-state index contributed by atoms with van der Waals surface area (Å²) in [5.41, 5.74) is 1.23. The summed E-state index contributed by atoms with van der Waals surface area (Å²) in [6.45, 7) is 1.53. The fourth-order valence-electron chi connectivity index (χ4n) is 2.05. The van der Waals surface area contributed by atoms with Gasteiger partial charge in [0.2, 0.25) is 0 Å². The molecule has 116 valence electrons. The lowest BCUT2D eigenvalue weighted by Crippen LogP contribution is -2.37. The van der Waals surface area contributed by atoms with Gasteiger partial charge in [0.15, 0.2) is 0 Å². The molecule has 0 bridgehead atoms. The summed E-state index contributed by atoms with van der Waals surface area (Å²) in [5, 5.41) is 18.1. The van der Waals surface area contributed by atoms with Gasteiger partial charge in [0, 0.05) is 24.6 Å². The maximum Gasteiger partial charge on any atom is 0.308 e. The highest BCUT2D eigenvalue weighted by atomic mass is 16.4. The second-order valence-corrected chi connectivity index (χ2v) is 5.06. The molecule has 2 rings (SSSR count). The third kappa shape index (κ3) is 3.92. The smallest absolute Gasteiger partial charge is 0.308 e. The van der Waals surface area contributed by atoms with Gasteiger partial charge in [-0.25, -0.2) is 0 Å². The zero-order valence-electron chi connectivity index (χ0n) is 12.5. The van der Waals surface area contributed by atoms with Crippen molar-refractivity contribution in [3.8, 4) is 6.07 Å². The molecule has 1 aromatic heterocycles. The first kappa shape index (κ1) is 16.2. The van der Waals surface area contributed by atoms with Crippen molar-refractivity contribution in [2.24, 2.45) is 5.92 Å². The molecule has 0 spiro atoms. The van der Waals surface area contributed by atoms with E-state index in [1.54, 1.807) is 42.6 Å². The van der Waals surface area contributed by atoms with E-state index in [-0.39, 0.29) is 12.5 Å². The molecule has 1 aromatic carbocycles. The average Bonchev–Trinajstić information content (AvgIpc) is 2.59. The molecule has 1 N–H and O–H groups in total. The second-order valence-electron chi connectivity index (χ2n) is 5.06. The first-order valence-corrected chi connectivity index (χ1v) is 6.97. The van der Waals surface area contributed by atoms with Gasteiger partial charge < -0.3 is 10.0 Å². The van der Waals surface area contributed by atoms with Gasteiger partial charge in [-0.2, -0.15) is 5.26 Å². The third-order valence-corrected chi connectivity index (χ3v) is 3.32. The number of pyridine rings is 1. The van der Waals surface area contributed by atoms with Gasteiger partial charge in [-0.05, 0) is 30.3 Å². The van der Waals surface area contributed by atoms with Crippen LogP contribution in [-0.2, 0) is 4.79 Å². The Morgan fingerprint density at radius 1 is 1.35 bits per heavy atom. The Labute approximate surface area is 133 Å². The highest BCUT2D eigenvalue weighted by Crippen LogP contribution is 2.20. The number of hydrogen-bond donors (Lipinski definition) is 1. The summed E-state index contributed by atoms with van der Waals surface area (Å²) in [6.07, 6.45) is 2.98. The van der Waals surface area contributed by atoms with Crippen LogP contribution >= 0.6 is 0 Å². The molecular formula is C17H15N3O3. The number of carbonyl (C=O) groups is 2. The fraction of sp³-hybridized carbons (Fsp3) is 0.176. The number of aliphatic carboxylic acids is 1. The SMILES string of the molecule is CC(CN(C(=O)c1cccnc1)c1cccc(C#N)c1)C(=O)O. The largest absolute Gasteiger partial charge is 0.481 e. The maximum atomic E-state index is 12.7. The van der Waals surface area contributed by atoms with Crippen LogP contribution in [0.3, 0.4) is 0 Å². The zero-order chi connectivity index (χ0) is 16.8. The van der Waals surface area contributed by atoms with E-state index in [4.69, 9.17) is 10.4 Å². The van der Waals surface area contributed by atoms with Crippen molar-refractivity contribution in [3.05, 3.63) is 59.9 Å². The van der Waals surface area contributed by atoms with E-state index in [1.165, 1.54) is 18.0 Å². The first-order valence-electron chi connectivity index (χ1n) is 6.97. The van der Waals surface area contributed by atoms with E-state index in [2.05, 4.69) is 4.98 Å². The Morgan fingerprint density at radius 2 is 2.13 bits per heavy atom. The van der Waals surface area contributed by atoms with E-state index in [1.807, 2.05) is 6.07 Å². The number of amides is 1. The normalized spacial score (nSPS) is 11.3. The van der Waals surface area contributed by atoms with Crippen LogP contribution in [0, 0.1) is 17.2 Å². The topological polar surface area (TPSA) is 94.3 Å². The fourth-order valence-corrected chi connectivity index (χ4v) is 2.05. The lowest BCUT2D eigenvalue weighted by molar-refractivity contribution is -0.140. The number of aromatic nitrogens is 1. The van der Waals surface area contributed by atoms with Gasteiger partial charge in [0.05, 0.1) is 23.1 Å². The number of carboxylic acids is 1. The minimum atomic E-state index is -0.995. The van der Waals surface area contributed by atoms with Crippen LogP contribution in [0.1, 0.15) is 22.8 Å². The van der Waals surface area contributed by atoms with E-state index in [0.29, 0.717) is 16.8 Å². The molecule has 1 heterocycles. The second kappa shape index (κ2) is 7.18. The minimum Gasteiger partial charge on any atom is -0.481 e. The molecule has 1 amide bonds. The van der Waals surface area contributed by atoms with Gasteiger partial charge >= 0.3 is 5.97 Å². The maximum absolute atomic E-state index is 12.7. The van der Waals surface area contributed by atoms with Gasteiger partial charge in [-0.15, -0.1) is 0 Å². The lowest BCUT2D eigenvalue weighted by atomic mass is 10.1. The Hall–Kier alpha value is -3.20. The third-order valence-electron chi connectivity index (χ3n) is 3.32. The molecule has 1 unspecified atom stereocenters. The zero-order valence-corrected chi connectivity index (χ0v) is 12.5. The van der Waals surface area contributed by atoms with Gasteiger partial charge in [0.1, 0.15) is 0 Å². The van der Waals surface area contributed by atoms with Crippen molar-refractivity contribution in [3.63, 3.8) is 0 Å². The molecule has 6 nitrogen and oxygen atoms in total. The van der Waals surface area contributed by atoms with Crippen molar-refractivity contribution in [2.45, 2.75) is 6.92 Å². The van der Waals surface area contributed by atoms with Crippen LogP contribution in [-0.4, -0.2) is 28.5 Å². The average molecular weight is 309 g/mol. The number of anilines is 1. The standard InChI is InChI=1S/C17H15N3O3/c1-12(17(22)23)11-20(15-6-2-4-13(8-15)9-18)16(21)14-5-3-7-19-10-14/h2-8,10,12H,11H2,1H3,(H,22,23). The van der Waals surface area contributed by atoms with Crippen molar-refractivity contribution in [1.29, 1.82) is 5.26 Å². The summed E-state index contributed by atoms with van der Waals surface area (Å²) in [5.74, 6) is -2.10. The van der Waals surface area contributed by atoms with Crippen LogP contribution in [0.25, 0.3) is 0 Å². The number of nitrogens with zero attached hydrogens (tertiary/aromatic N) is 3.